The molecule has 3 rings (SSSR count). The Morgan fingerprint density at radius 1 is 1.13 bits per heavy atom. The molecule has 0 spiro atoms. The van der Waals surface area contributed by atoms with Gasteiger partial charge in [0.2, 0.25) is 5.91 Å². The number of hydrogen-bond acceptors (Lipinski definition) is 3. The Morgan fingerprint density at radius 3 is 2.61 bits per heavy atom. The molecular weight excluding hydrogens is 328 g/mol. The summed E-state index contributed by atoms with van der Waals surface area (Å²) < 4.78 is 0. The third-order valence-corrected chi connectivity index (χ3v) is 4.62. The van der Waals surface area contributed by atoms with Crippen molar-refractivity contribution in [3.8, 4) is 10.6 Å². The molecule has 1 aromatic heterocycles. The third-order valence-electron chi connectivity index (χ3n) is 3.43. The first-order valence-corrected chi connectivity index (χ1v) is 8.51. The number of carbonyl (C=O) groups excluding carboxylic acids is 1. The first-order chi connectivity index (χ1) is 11.2. The van der Waals surface area contributed by atoms with Gasteiger partial charge in [0, 0.05) is 34.3 Å². The van der Waals surface area contributed by atoms with Gasteiger partial charge in [-0.25, -0.2) is 4.98 Å². The van der Waals surface area contributed by atoms with Crippen LogP contribution >= 0.6 is 22.9 Å². The van der Waals surface area contributed by atoms with E-state index in [1.54, 1.807) is 17.5 Å². The minimum atomic E-state index is -0.0214. The zero-order chi connectivity index (χ0) is 16.1. The summed E-state index contributed by atoms with van der Waals surface area (Å²) in [6.45, 7) is 0. The summed E-state index contributed by atoms with van der Waals surface area (Å²) in [6.07, 6.45) is 2.81. The van der Waals surface area contributed by atoms with Crippen LogP contribution in [0.15, 0.2) is 60.1 Å². The van der Waals surface area contributed by atoms with Gasteiger partial charge in [-0.1, -0.05) is 29.8 Å². The number of rotatable bonds is 5. The number of benzene rings is 2. The fourth-order valence-corrected chi connectivity index (χ4v) is 3.11. The van der Waals surface area contributed by atoms with E-state index in [1.807, 2.05) is 53.9 Å². The molecule has 5 heteroatoms. The van der Waals surface area contributed by atoms with Gasteiger partial charge in [0.25, 0.3) is 0 Å². The van der Waals surface area contributed by atoms with E-state index in [2.05, 4.69) is 10.3 Å². The summed E-state index contributed by atoms with van der Waals surface area (Å²) >= 11 is 7.69. The van der Waals surface area contributed by atoms with Crippen LogP contribution in [-0.2, 0) is 11.2 Å². The number of nitrogens with zero attached hydrogens (tertiary/aromatic N) is 1. The second-order valence-electron chi connectivity index (χ2n) is 5.05. The highest BCUT2D eigenvalue weighted by Crippen LogP contribution is 2.23. The molecule has 3 aromatic rings. The molecule has 116 valence electrons. The fraction of sp³-hybridized carbons (Fsp3) is 0.111. The summed E-state index contributed by atoms with van der Waals surface area (Å²) in [5.74, 6) is -0.0214. The summed E-state index contributed by atoms with van der Waals surface area (Å²) in [5.41, 5.74) is 2.83. The second-order valence-corrected chi connectivity index (χ2v) is 6.36. The van der Waals surface area contributed by atoms with E-state index in [0.29, 0.717) is 17.9 Å². The number of nitrogens with one attached hydrogen (secondary N) is 1. The van der Waals surface area contributed by atoms with Gasteiger partial charge in [-0.15, -0.1) is 11.3 Å². The average molecular weight is 343 g/mol. The van der Waals surface area contributed by atoms with Gasteiger partial charge >= 0.3 is 0 Å². The zero-order valence-electron chi connectivity index (χ0n) is 12.3. The highest BCUT2D eigenvalue weighted by molar-refractivity contribution is 7.13. The number of anilines is 1. The minimum absolute atomic E-state index is 0.0214. The predicted molar refractivity (Wildman–Crippen MR) is 96.0 cm³/mol. The first-order valence-electron chi connectivity index (χ1n) is 7.25. The molecule has 0 aliphatic rings. The van der Waals surface area contributed by atoms with Gasteiger partial charge in [-0.2, -0.15) is 0 Å². The number of halogens is 1. The van der Waals surface area contributed by atoms with Crippen LogP contribution in [0.2, 0.25) is 5.02 Å². The average Bonchev–Trinajstić information content (AvgIpc) is 3.09. The van der Waals surface area contributed by atoms with Crippen molar-refractivity contribution in [3.63, 3.8) is 0 Å². The first kappa shape index (κ1) is 15.7. The topological polar surface area (TPSA) is 42.0 Å². The minimum Gasteiger partial charge on any atom is -0.326 e. The molecule has 0 aliphatic carbocycles. The molecule has 23 heavy (non-hydrogen) atoms. The molecule has 2 aromatic carbocycles. The maximum absolute atomic E-state index is 12.0. The van der Waals surface area contributed by atoms with Crippen molar-refractivity contribution in [2.24, 2.45) is 0 Å². The van der Waals surface area contributed by atoms with E-state index in [1.165, 1.54) is 0 Å². The Bertz CT molecular complexity index is 785. The number of carbonyl (C=O) groups is 1. The van der Waals surface area contributed by atoms with Crippen LogP contribution in [-0.4, -0.2) is 10.9 Å². The van der Waals surface area contributed by atoms with Gasteiger partial charge in [0.1, 0.15) is 5.01 Å². The maximum atomic E-state index is 12.0. The normalized spacial score (nSPS) is 10.5. The highest BCUT2D eigenvalue weighted by atomic mass is 35.5. The monoisotopic (exact) mass is 342 g/mol. The van der Waals surface area contributed by atoms with Crippen LogP contribution in [0.3, 0.4) is 0 Å². The van der Waals surface area contributed by atoms with Crippen LogP contribution in [0.25, 0.3) is 10.6 Å². The molecule has 3 nitrogen and oxygen atoms in total. The quantitative estimate of drug-likeness (QED) is 0.706. The third kappa shape index (κ3) is 4.18. The molecule has 0 bridgehead atoms. The van der Waals surface area contributed by atoms with Crippen molar-refractivity contribution in [3.05, 3.63) is 70.7 Å². The Morgan fingerprint density at radius 2 is 1.91 bits per heavy atom. The SMILES string of the molecule is O=C(CCc1ccccc1Cl)Nc1ccc(-c2nccs2)cc1. The number of aryl methyl sites for hydroxylation is 1. The smallest absolute Gasteiger partial charge is 0.224 e. The molecular formula is C18H15ClN2OS. The lowest BCUT2D eigenvalue weighted by Crippen LogP contribution is -2.12. The maximum Gasteiger partial charge on any atom is 0.224 e. The van der Waals surface area contributed by atoms with E-state index in [4.69, 9.17) is 11.6 Å². The Balaban J connectivity index is 1.57. The van der Waals surface area contributed by atoms with E-state index in [-0.39, 0.29) is 5.91 Å². The van der Waals surface area contributed by atoms with Crippen LogP contribution in [0.4, 0.5) is 5.69 Å². The molecule has 0 saturated carbocycles. The lowest BCUT2D eigenvalue weighted by atomic mass is 10.1. The molecule has 1 heterocycles. The van der Waals surface area contributed by atoms with Crippen molar-refractivity contribution >= 4 is 34.5 Å². The molecule has 0 radical (unpaired) electrons. The molecule has 1 amide bonds. The fourth-order valence-electron chi connectivity index (χ4n) is 2.23. The van der Waals surface area contributed by atoms with Gasteiger partial charge < -0.3 is 5.32 Å². The number of thiazole rings is 1. The Labute approximate surface area is 144 Å². The molecule has 0 unspecified atom stereocenters. The lowest BCUT2D eigenvalue weighted by molar-refractivity contribution is -0.116. The second kappa shape index (κ2) is 7.40. The molecule has 1 N–H and O–H groups in total. The van der Waals surface area contributed by atoms with Crippen molar-refractivity contribution in [1.29, 1.82) is 0 Å². The number of aromatic nitrogens is 1. The Kier molecular flexibility index (Phi) is 5.05. The molecule has 0 fully saturated rings. The van der Waals surface area contributed by atoms with Crippen molar-refractivity contribution in [2.75, 3.05) is 5.32 Å². The molecule has 0 atom stereocenters. The van der Waals surface area contributed by atoms with Crippen molar-refractivity contribution in [2.45, 2.75) is 12.8 Å². The molecule has 0 aliphatic heterocycles. The lowest BCUT2D eigenvalue weighted by Gasteiger charge is -2.07. The van der Waals surface area contributed by atoms with Crippen molar-refractivity contribution < 1.29 is 4.79 Å². The molecule has 0 saturated heterocycles. The van der Waals surface area contributed by atoms with E-state index in [9.17, 15) is 4.79 Å². The van der Waals surface area contributed by atoms with Crippen LogP contribution in [0.5, 0.6) is 0 Å². The standard InChI is InChI=1S/C18H15ClN2OS/c19-16-4-2-1-3-13(16)7-10-17(22)21-15-8-5-14(6-9-15)18-20-11-12-23-18/h1-6,8-9,11-12H,7,10H2,(H,21,22). The largest absolute Gasteiger partial charge is 0.326 e. The van der Waals surface area contributed by atoms with E-state index < -0.39 is 0 Å². The van der Waals surface area contributed by atoms with Crippen molar-refractivity contribution in [1.82, 2.24) is 4.98 Å². The van der Waals surface area contributed by atoms with E-state index in [0.717, 1.165) is 21.8 Å². The number of hydrogen-bond donors (Lipinski definition) is 1. The van der Waals surface area contributed by atoms with Gasteiger partial charge in [0.15, 0.2) is 0 Å². The van der Waals surface area contributed by atoms with E-state index >= 15 is 0 Å². The Hall–Kier alpha value is -2.17. The van der Waals surface area contributed by atoms with Gasteiger partial charge in [-0.05, 0) is 42.3 Å². The van der Waals surface area contributed by atoms with Crippen LogP contribution < -0.4 is 5.32 Å². The summed E-state index contributed by atoms with van der Waals surface area (Å²) in [4.78, 5) is 16.3. The summed E-state index contributed by atoms with van der Waals surface area (Å²) in [5, 5.41) is 6.52. The highest BCUT2D eigenvalue weighted by Gasteiger charge is 2.06. The number of amides is 1. The van der Waals surface area contributed by atoms with Crippen LogP contribution in [0.1, 0.15) is 12.0 Å². The van der Waals surface area contributed by atoms with Crippen LogP contribution in [0, 0.1) is 0 Å². The summed E-state index contributed by atoms with van der Waals surface area (Å²) in [7, 11) is 0. The predicted octanol–water partition coefficient (Wildman–Crippen LogP) is 5.03. The van der Waals surface area contributed by atoms with Gasteiger partial charge in [0.05, 0.1) is 0 Å². The van der Waals surface area contributed by atoms with Gasteiger partial charge in [-0.3, -0.25) is 4.79 Å². The summed E-state index contributed by atoms with van der Waals surface area (Å²) in [6, 6.07) is 15.3. The zero-order valence-corrected chi connectivity index (χ0v) is 13.9.